The van der Waals surface area contributed by atoms with Crippen LogP contribution in [-0.4, -0.2) is 31.0 Å². The van der Waals surface area contributed by atoms with Gasteiger partial charge in [0.1, 0.15) is 5.65 Å². The molecular weight excluding hydrogens is 356 g/mol. The molecule has 1 aliphatic rings. The Kier molecular flexibility index (Phi) is 4.37. The van der Waals surface area contributed by atoms with E-state index in [9.17, 15) is 14.4 Å². The molecular formula is C21H22N4O3. The van der Waals surface area contributed by atoms with Gasteiger partial charge in [-0.25, -0.2) is 9.78 Å². The van der Waals surface area contributed by atoms with Crippen LogP contribution in [0.2, 0.25) is 0 Å². The minimum Gasteiger partial charge on any atom is -0.331 e. The van der Waals surface area contributed by atoms with Crippen LogP contribution in [-0.2, 0) is 20.6 Å². The second-order valence-corrected chi connectivity index (χ2v) is 7.45. The fourth-order valence-electron chi connectivity index (χ4n) is 3.51. The van der Waals surface area contributed by atoms with E-state index in [1.165, 1.54) is 17.8 Å². The van der Waals surface area contributed by atoms with E-state index in [-0.39, 0.29) is 23.0 Å². The maximum atomic E-state index is 13.2. The molecule has 144 valence electrons. The van der Waals surface area contributed by atoms with E-state index >= 15 is 0 Å². The fraction of sp³-hybridized carbons (Fsp3) is 0.333. The van der Waals surface area contributed by atoms with Gasteiger partial charge in [-0.3, -0.25) is 18.7 Å². The monoisotopic (exact) mass is 378 g/mol. The molecule has 1 amide bonds. The first-order valence-corrected chi connectivity index (χ1v) is 9.29. The molecule has 0 saturated heterocycles. The molecule has 0 aliphatic heterocycles. The first-order chi connectivity index (χ1) is 13.4. The van der Waals surface area contributed by atoms with Crippen molar-refractivity contribution < 1.29 is 4.79 Å². The van der Waals surface area contributed by atoms with Crippen molar-refractivity contribution in [1.82, 2.24) is 19.0 Å². The van der Waals surface area contributed by atoms with Gasteiger partial charge >= 0.3 is 5.69 Å². The van der Waals surface area contributed by atoms with Crippen molar-refractivity contribution in [1.29, 1.82) is 0 Å². The van der Waals surface area contributed by atoms with E-state index in [0.717, 1.165) is 28.5 Å². The van der Waals surface area contributed by atoms with Crippen LogP contribution in [0.15, 0.2) is 46.1 Å². The van der Waals surface area contributed by atoms with Gasteiger partial charge in [-0.05, 0) is 31.4 Å². The Balaban J connectivity index is 1.74. The molecule has 7 heteroatoms. The Morgan fingerprint density at radius 1 is 1.18 bits per heavy atom. The molecule has 0 spiro atoms. The number of hydrogen-bond acceptors (Lipinski definition) is 4. The Hall–Kier alpha value is -3.22. The third-order valence-corrected chi connectivity index (χ3v) is 5.22. The molecule has 0 unspecified atom stereocenters. The number of nitrogens with zero attached hydrogens (tertiary/aromatic N) is 4. The predicted octanol–water partition coefficient (Wildman–Crippen LogP) is 1.75. The van der Waals surface area contributed by atoms with Crippen molar-refractivity contribution in [2.45, 2.75) is 32.4 Å². The molecule has 28 heavy (non-hydrogen) atoms. The topological polar surface area (TPSA) is 77.2 Å². The molecule has 3 aromatic rings. The lowest BCUT2D eigenvalue weighted by molar-refractivity contribution is 0.0729. The first kappa shape index (κ1) is 18.2. The Bertz CT molecular complexity index is 1200. The van der Waals surface area contributed by atoms with Crippen molar-refractivity contribution in [3.8, 4) is 0 Å². The lowest BCUT2D eigenvalue weighted by Gasteiger charge is -2.23. The average molecular weight is 378 g/mol. The Morgan fingerprint density at radius 2 is 1.93 bits per heavy atom. The fourth-order valence-corrected chi connectivity index (χ4v) is 3.51. The van der Waals surface area contributed by atoms with Crippen LogP contribution in [0.25, 0.3) is 11.0 Å². The van der Waals surface area contributed by atoms with E-state index in [1.54, 1.807) is 13.1 Å². The highest BCUT2D eigenvalue weighted by Gasteiger charge is 2.33. The van der Waals surface area contributed by atoms with Crippen molar-refractivity contribution in [3.63, 3.8) is 0 Å². The summed E-state index contributed by atoms with van der Waals surface area (Å²) in [5.41, 5.74) is 1.98. The quantitative estimate of drug-likeness (QED) is 0.693. The molecule has 0 radical (unpaired) electrons. The van der Waals surface area contributed by atoms with E-state index < -0.39 is 11.2 Å². The normalized spacial score (nSPS) is 13.7. The number of hydrogen-bond donors (Lipinski definition) is 0. The van der Waals surface area contributed by atoms with Gasteiger partial charge in [-0.1, -0.05) is 29.8 Å². The van der Waals surface area contributed by atoms with Crippen molar-refractivity contribution in [3.05, 3.63) is 74.1 Å². The van der Waals surface area contributed by atoms with Gasteiger partial charge in [-0.15, -0.1) is 0 Å². The van der Waals surface area contributed by atoms with E-state index in [1.807, 2.05) is 30.0 Å². The zero-order valence-corrected chi connectivity index (χ0v) is 16.2. The first-order valence-electron chi connectivity index (χ1n) is 9.29. The van der Waals surface area contributed by atoms with Crippen LogP contribution in [0, 0.1) is 6.92 Å². The third-order valence-electron chi connectivity index (χ3n) is 5.22. The van der Waals surface area contributed by atoms with Gasteiger partial charge in [0, 0.05) is 32.9 Å². The lowest BCUT2D eigenvalue weighted by atomic mass is 10.1. The van der Waals surface area contributed by atoms with Crippen LogP contribution in [0.3, 0.4) is 0 Å². The standard InChI is InChI=1S/C21H22N4O3/c1-13-5-4-6-14(9-13)12-25(16-7-8-16)19(26)15-10-17-18(22-11-15)23(2)21(28)24(3)20(17)27/h4-6,9-11,16H,7-8,12H2,1-3H3. The number of aryl methyl sites for hydroxylation is 2. The third kappa shape index (κ3) is 3.13. The largest absolute Gasteiger partial charge is 0.332 e. The highest BCUT2D eigenvalue weighted by Crippen LogP contribution is 2.30. The number of carbonyl (C=O) groups is 1. The predicted molar refractivity (Wildman–Crippen MR) is 106 cm³/mol. The van der Waals surface area contributed by atoms with Gasteiger partial charge < -0.3 is 4.90 Å². The molecule has 4 rings (SSSR count). The second-order valence-electron chi connectivity index (χ2n) is 7.45. The molecule has 2 aromatic heterocycles. The summed E-state index contributed by atoms with van der Waals surface area (Å²) in [6, 6.07) is 9.87. The van der Waals surface area contributed by atoms with Crippen LogP contribution in [0.1, 0.15) is 34.3 Å². The summed E-state index contributed by atoms with van der Waals surface area (Å²) >= 11 is 0. The van der Waals surface area contributed by atoms with Gasteiger partial charge in [-0.2, -0.15) is 0 Å². The zero-order valence-electron chi connectivity index (χ0n) is 16.2. The van der Waals surface area contributed by atoms with Crippen LogP contribution in [0.5, 0.6) is 0 Å². The summed E-state index contributed by atoms with van der Waals surface area (Å²) in [5, 5.41) is 0.266. The smallest absolute Gasteiger partial charge is 0.331 e. The maximum absolute atomic E-state index is 13.2. The highest BCUT2D eigenvalue weighted by atomic mass is 16.2. The summed E-state index contributed by atoms with van der Waals surface area (Å²) in [6.07, 6.45) is 3.42. The van der Waals surface area contributed by atoms with E-state index in [4.69, 9.17) is 0 Å². The van der Waals surface area contributed by atoms with Crippen molar-refractivity contribution in [2.75, 3.05) is 0 Å². The van der Waals surface area contributed by atoms with Crippen molar-refractivity contribution in [2.24, 2.45) is 14.1 Å². The van der Waals surface area contributed by atoms with Gasteiger partial charge in [0.2, 0.25) is 0 Å². The van der Waals surface area contributed by atoms with Gasteiger partial charge in [0.25, 0.3) is 11.5 Å². The number of fused-ring (bicyclic) bond motifs is 1. The molecule has 1 saturated carbocycles. The zero-order chi connectivity index (χ0) is 20.0. The molecule has 2 heterocycles. The maximum Gasteiger partial charge on any atom is 0.332 e. The van der Waals surface area contributed by atoms with Crippen LogP contribution >= 0.6 is 0 Å². The SMILES string of the molecule is Cc1cccc(CN(C(=O)c2cnc3c(c2)c(=O)n(C)c(=O)n3C)C2CC2)c1. The molecule has 7 nitrogen and oxygen atoms in total. The Morgan fingerprint density at radius 3 is 2.61 bits per heavy atom. The van der Waals surface area contributed by atoms with Crippen LogP contribution in [0.4, 0.5) is 0 Å². The van der Waals surface area contributed by atoms with E-state index in [2.05, 4.69) is 11.1 Å². The highest BCUT2D eigenvalue weighted by molar-refractivity contribution is 5.97. The molecule has 0 atom stereocenters. The molecule has 0 N–H and O–H groups in total. The number of amides is 1. The van der Waals surface area contributed by atoms with Gasteiger partial charge in [0.05, 0.1) is 10.9 Å². The minimum atomic E-state index is -0.447. The number of benzene rings is 1. The molecule has 0 bridgehead atoms. The summed E-state index contributed by atoms with van der Waals surface area (Å²) in [7, 11) is 2.99. The van der Waals surface area contributed by atoms with Gasteiger partial charge in [0.15, 0.2) is 0 Å². The molecule has 1 aromatic carbocycles. The average Bonchev–Trinajstić information content (AvgIpc) is 3.53. The minimum absolute atomic E-state index is 0.144. The van der Waals surface area contributed by atoms with Crippen LogP contribution < -0.4 is 11.2 Å². The lowest BCUT2D eigenvalue weighted by Crippen LogP contribution is -2.38. The molecule has 1 aliphatic carbocycles. The second kappa shape index (κ2) is 6.74. The number of carbonyl (C=O) groups excluding carboxylic acids is 1. The Labute approximate surface area is 161 Å². The number of rotatable bonds is 4. The van der Waals surface area contributed by atoms with E-state index in [0.29, 0.717) is 12.1 Å². The number of pyridine rings is 1. The van der Waals surface area contributed by atoms with Crippen molar-refractivity contribution >= 4 is 16.9 Å². The summed E-state index contributed by atoms with van der Waals surface area (Å²) in [6.45, 7) is 2.55. The summed E-state index contributed by atoms with van der Waals surface area (Å²) in [5.74, 6) is -0.144. The summed E-state index contributed by atoms with van der Waals surface area (Å²) < 4.78 is 2.35. The summed E-state index contributed by atoms with van der Waals surface area (Å²) in [4.78, 5) is 43.9. The molecule has 1 fully saturated rings. The number of aromatic nitrogens is 3.